The lowest BCUT2D eigenvalue weighted by atomic mass is 9.76. The Balaban J connectivity index is 1.34. The number of rotatable bonds is 9. The van der Waals surface area contributed by atoms with Crippen molar-refractivity contribution in [3.63, 3.8) is 0 Å². The quantitative estimate of drug-likeness (QED) is 0.356. The minimum absolute atomic E-state index is 0.215. The highest BCUT2D eigenvalue weighted by Gasteiger charge is 2.24. The predicted molar refractivity (Wildman–Crippen MR) is 138 cm³/mol. The van der Waals surface area contributed by atoms with Gasteiger partial charge in [0.25, 0.3) is 0 Å². The van der Waals surface area contributed by atoms with Gasteiger partial charge < -0.3 is 9.47 Å². The normalized spacial score (nSPS) is 25.8. The molecule has 1 saturated carbocycles. The maximum absolute atomic E-state index is 5.99. The van der Waals surface area contributed by atoms with Gasteiger partial charge in [0.2, 0.25) is 0 Å². The third kappa shape index (κ3) is 6.49. The molecule has 0 atom stereocenters. The number of unbranched alkanes of at least 4 members (excludes halogenated alkanes) is 2. The van der Waals surface area contributed by atoms with E-state index in [2.05, 4.69) is 63.2 Å². The van der Waals surface area contributed by atoms with Crippen molar-refractivity contribution in [3.05, 3.63) is 59.2 Å². The van der Waals surface area contributed by atoms with Crippen LogP contribution < -0.4 is 0 Å². The van der Waals surface area contributed by atoms with Gasteiger partial charge in [0.15, 0.2) is 6.29 Å². The summed E-state index contributed by atoms with van der Waals surface area (Å²) in [5.41, 5.74) is 6.68. The lowest BCUT2D eigenvalue weighted by Crippen LogP contribution is -2.26. The van der Waals surface area contributed by atoms with Crippen LogP contribution in [0.15, 0.2) is 42.5 Å². The van der Waals surface area contributed by atoms with E-state index in [-0.39, 0.29) is 6.29 Å². The van der Waals surface area contributed by atoms with Gasteiger partial charge in [-0.05, 0) is 73.1 Å². The van der Waals surface area contributed by atoms with Gasteiger partial charge in [-0.25, -0.2) is 0 Å². The molecule has 0 aromatic heterocycles. The zero-order chi connectivity index (χ0) is 23.0. The van der Waals surface area contributed by atoms with Crippen LogP contribution in [-0.4, -0.2) is 13.2 Å². The number of ether oxygens (including phenoxy) is 2. The molecular formula is C31H44O2. The van der Waals surface area contributed by atoms with Crippen LogP contribution in [0.5, 0.6) is 0 Å². The van der Waals surface area contributed by atoms with Crippen LogP contribution in [0.2, 0.25) is 0 Å². The molecule has 2 aliphatic rings. The van der Waals surface area contributed by atoms with Crippen molar-refractivity contribution >= 4 is 0 Å². The molecule has 4 rings (SSSR count). The molecule has 0 unspecified atom stereocenters. The third-order valence-electron chi connectivity index (χ3n) is 7.94. The molecule has 0 bridgehead atoms. The van der Waals surface area contributed by atoms with Gasteiger partial charge in [0.1, 0.15) is 0 Å². The molecule has 0 amide bonds. The third-order valence-corrected chi connectivity index (χ3v) is 7.94. The van der Waals surface area contributed by atoms with E-state index in [0.29, 0.717) is 5.92 Å². The number of aryl methyl sites for hydroxylation is 1. The van der Waals surface area contributed by atoms with Crippen molar-refractivity contribution in [1.82, 2.24) is 0 Å². The first-order valence-corrected chi connectivity index (χ1v) is 13.6. The molecule has 0 spiro atoms. The summed E-state index contributed by atoms with van der Waals surface area (Å²) in [7, 11) is 0. The number of benzene rings is 2. The Bertz CT molecular complexity index is 840. The summed E-state index contributed by atoms with van der Waals surface area (Å²) in [4.78, 5) is 0. The molecule has 2 aromatic carbocycles. The number of hydrogen-bond acceptors (Lipinski definition) is 2. The van der Waals surface area contributed by atoms with Gasteiger partial charge in [-0.3, -0.25) is 0 Å². The Morgan fingerprint density at radius 3 is 2.06 bits per heavy atom. The molecular weight excluding hydrogens is 404 g/mol. The van der Waals surface area contributed by atoms with Crippen LogP contribution >= 0.6 is 0 Å². The monoisotopic (exact) mass is 448 g/mol. The van der Waals surface area contributed by atoms with E-state index in [9.17, 15) is 0 Å². The Labute approximate surface area is 202 Å². The SMILES string of the molecule is CCCCCC1CCC(c2ccc(-c3ccc([C@H]4OC[C@H](CCC)CO4)cc3)c(C)c2)CC1. The second-order valence-electron chi connectivity index (χ2n) is 10.6. The minimum Gasteiger partial charge on any atom is -0.348 e. The van der Waals surface area contributed by atoms with E-state index < -0.39 is 0 Å². The molecule has 2 heteroatoms. The smallest absolute Gasteiger partial charge is 0.183 e. The summed E-state index contributed by atoms with van der Waals surface area (Å²) >= 11 is 0. The van der Waals surface area contributed by atoms with Crippen LogP contribution in [0.1, 0.15) is 107 Å². The molecule has 1 aliphatic carbocycles. The summed E-state index contributed by atoms with van der Waals surface area (Å²) in [5, 5.41) is 0. The molecule has 2 nitrogen and oxygen atoms in total. The van der Waals surface area contributed by atoms with Crippen molar-refractivity contribution in [2.45, 2.75) is 97.2 Å². The highest BCUT2D eigenvalue weighted by atomic mass is 16.7. The van der Waals surface area contributed by atoms with Crippen LogP contribution in [0.4, 0.5) is 0 Å². The second-order valence-corrected chi connectivity index (χ2v) is 10.6. The van der Waals surface area contributed by atoms with Gasteiger partial charge in [-0.15, -0.1) is 0 Å². The highest BCUT2D eigenvalue weighted by Crippen LogP contribution is 2.39. The van der Waals surface area contributed by atoms with Crippen molar-refractivity contribution in [1.29, 1.82) is 0 Å². The Kier molecular flexibility index (Phi) is 9.03. The van der Waals surface area contributed by atoms with E-state index >= 15 is 0 Å². The standard InChI is InChI=1S/C31H44O2/c1-4-6-7-9-24-10-12-26(13-11-24)29-18-19-30(23(3)20-29)27-14-16-28(17-15-27)31-32-21-25(8-5-2)22-33-31/h14-20,24-26,31H,4-13,21-22H2,1-3H3/t24?,25-,26?,31-. The average Bonchev–Trinajstić information content (AvgIpc) is 2.85. The van der Waals surface area contributed by atoms with Gasteiger partial charge in [-0.1, -0.05) is 88.4 Å². The molecule has 180 valence electrons. The Hall–Kier alpha value is -1.64. The predicted octanol–water partition coefficient (Wildman–Crippen LogP) is 8.98. The Morgan fingerprint density at radius 2 is 1.42 bits per heavy atom. The van der Waals surface area contributed by atoms with Crippen molar-refractivity contribution in [2.75, 3.05) is 13.2 Å². The van der Waals surface area contributed by atoms with E-state index in [1.54, 1.807) is 5.56 Å². The minimum atomic E-state index is -0.215. The first kappa shape index (κ1) is 24.5. The van der Waals surface area contributed by atoms with Crippen molar-refractivity contribution in [3.8, 4) is 11.1 Å². The molecule has 0 N–H and O–H groups in total. The summed E-state index contributed by atoms with van der Waals surface area (Å²) in [6.45, 7) is 8.41. The second kappa shape index (κ2) is 12.2. The topological polar surface area (TPSA) is 18.5 Å². The Morgan fingerprint density at radius 1 is 0.727 bits per heavy atom. The van der Waals surface area contributed by atoms with Crippen LogP contribution in [0.3, 0.4) is 0 Å². The summed E-state index contributed by atoms with van der Waals surface area (Å²) in [6, 6.07) is 16.0. The van der Waals surface area contributed by atoms with E-state index in [1.165, 1.54) is 80.9 Å². The maximum atomic E-state index is 5.99. The molecule has 33 heavy (non-hydrogen) atoms. The highest BCUT2D eigenvalue weighted by molar-refractivity contribution is 5.68. The van der Waals surface area contributed by atoms with Crippen LogP contribution in [0.25, 0.3) is 11.1 Å². The van der Waals surface area contributed by atoms with E-state index in [1.807, 2.05) is 0 Å². The van der Waals surface area contributed by atoms with Gasteiger partial charge >= 0.3 is 0 Å². The summed E-state index contributed by atoms with van der Waals surface area (Å²) in [5.74, 6) is 2.27. The fourth-order valence-corrected chi connectivity index (χ4v) is 5.86. The fourth-order valence-electron chi connectivity index (χ4n) is 5.86. The summed E-state index contributed by atoms with van der Waals surface area (Å²) < 4.78 is 12.0. The molecule has 1 aliphatic heterocycles. The number of hydrogen-bond donors (Lipinski definition) is 0. The summed E-state index contributed by atoms with van der Waals surface area (Å²) in [6.07, 6.45) is 13.3. The van der Waals surface area contributed by atoms with Crippen LogP contribution in [0, 0.1) is 18.8 Å². The first-order valence-electron chi connectivity index (χ1n) is 13.6. The first-order chi connectivity index (χ1) is 16.2. The lowest BCUT2D eigenvalue weighted by molar-refractivity contribution is -0.206. The maximum Gasteiger partial charge on any atom is 0.183 e. The van der Waals surface area contributed by atoms with Crippen LogP contribution in [-0.2, 0) is 9.47 Å². The molecule has 1 heterocycles. The molecule has 2 fully saturated rings. The van der Waals surface area contributed by atoms with Gasteiger partial charge in [0.05, 0.1) is 13.2 Å². The average molecular weight is 449 g/mol. The van der Waals surface area contributed by atoms with E-state index in [4.69, 9.17) is 9.47 Å². The lowest BCUT2D eigenvalue weighted by Gasteiger charge is -2.29. The van der Waals surface area contributed by atoms with Crippen molar-refractivity contribution in [2.24, 2.45) is 11.8 Å². The fraction of sp³-hybridized carbons (Fsp3) is 0.613. The largest absolute Gasteiger partial charge is 0.348 e. The molecule has 0 radical (unpaired) electrons. The molecule has 2 aromatic rings. The van der Waals surface area contributed by atoms with E-state index in [0.717, 1.165) is 30.6 Å². The van der Waals surface area contributed by atoms with Gasteiger partial charge in [-0.2, -0.15) is 0 Å². The zero-order valence-electron chi connectivity index (χ0n) is 21.2. The zero-order valence-corrected chi connectivity index (χ0v) is 21.2. The van der Waals surface area contributed by atoms with Crippen molar-refractivity contribution < 1.29 is 9.47 Å². The van der Waals surface area contributed by atoms with Gasteiger partial charge in [0, 0.05) is 11.5 Å². The molecule has 1 saturated heterocycles.